The standard InChI is InChI=1S/C48H30N4/c1-3-12-32(13-4-1)39-17-9-18-40(33-14-5-2-6-15-33)45(39)48-51-46(36-21-20-31-11-7-8-16-34(31)29-36)50-47(52-48)37-23-24-38-35(30-37)22-25-42-41(38)26-27-44-43(42)19-10-28-49-44/h1-30H. The van der Waals surface area contributed by atoms with Crippen LogP contribution >= 0.6 is 0 Å². The van der Waals surface area contributed by atoms with Crippen LogP contribution in [0.25, 0.3) is 99.6 Å². The molecule has 10 rings (SSSR count). The average Bonchev–Trinajstić information content (AvgIpc) is 3.23. The van der Waals surface area contributed by atoms with Crippen molar-refractivity contribution in [2.24, 2.45) is 0 Å². The van der Waals surface area contributed by atoms with Crippen molar-refractivity contribution in [3.05, 3.63) is 182 Å². The van der Waals surface area contributed by atoms with Crippen LogP contribution in [-0.2, 0) is 0 Å². The Labute approximate surface area is 300 Å². The van der Waals surface area contributed by atoms with Crippen molar-refractivity contribution in [1.82, 2.24) is 19.9 Å². The zero-order valence-electron chi connectivity index (χ0n) is 28.1. The molecule has 2 aromatic heterocycles. The Balaban J connectivity index is 1.23. The number of rotatable bonds is 5. The molecule has 0 bridgehead atoms. The molecule has 10 aromatic rings. The Kier molecular flexibility index (Phi) is 7.10. The first-order chi connectivity index (χ1) is 25.8. The maximum atomic E-state index is 5.31. The molecule has 0 saturated carbocycles. The molecule has 8 aromatic carbocycles. The summed E-state index contributed by atoms with van der Waals surface area (Å²) in [6.45, 7) is 0. The summed E-state index contributed by atoms with van der Waals surface area (Å²) in [5.74, 6) is 1.88. The lowest BCUT2D eigenvalue weighted by Crippen LogP contribution is -2.02. The molecule has 52 heavy (non-hydrogen) atoms. The van der Waals surface area contributed by atoms with Crippen molar-refractivity contribution >= 4 is 43.2 Å². The minimum absolute atomic E-state index is 0.625. The second-order valence-electron chi connectivity index (χ2n) is 13.1. The van der Waals surface area contributed by atoms with E-state index in [0.717, 1.165) is 60.6 Å². The molecule has 0 aliphatic heterocycles. The lowest BCUT2D eigenvalue weighted by atomic mass is 9.91. The molecule has 0 aliphatic carbocycles. The molecule has 0 aliphatic rings. The van der Waals surface area contributed by atoms with Crippen molar-refractivity contribution in [3.63, 3.8) is 0 Å². The first kappa shape index (κ1) is 29.8. The van der Waals surface area contributed by atoms with Gasteiger partial charge in [0, 0.05) is 28.3 Å². The van der Waals surface area contributed by atoms with E-state index in [-0.39, 0.29) is 0 Å². The molecule has 4 heteroatoms. The molecule has 0 radical (unpaired) electrons. The average molecular weight is 663 g/mol. The van der Waals surface area contributed by atoms with Crippen LogP contribution in [0.4, 0.5) is 0 Å². The molecule has 0 amide bonds. The molecular weight excluding hydrogens is 633 g/mol. The van der Waals surface area contributed by atoms with Gasteiger partial charge in [-0.2, -0.15) is 0 Å². The van der Waals surface area contributed by atoms with E-state index in [2.05, 4.69) is 163 Å². The Morgan fingerprint density at radius 1 is 0.308 bits per heavy atom. The molecule has 0 atom stereocenters. The van der Waals surface area contributed by atoms with Crippen LogP contribution in [-0.4, -0.2) is 19.9 Å². The minimum atomic E-state index is 0.625. The quantitative estimate of drug-likeness (QED) is 0.172. The second-order valence-corrected chi connectivity index (χ2v) is 13.1. The van der Waals surface area contributed by atoms with Crippen molar-refractivity contribution in [3.8, 4) is 56.4 Å². The molecule has 4 nitrogen and oxygen atoms in total. The first-order valence-electron chi connectivity index (χ1n) is 17.5. The van der Waals surface area contributed by atoms with Gasteiger partial charge in [-0.3, -0.25) is 4.98 Å². The van der Waals surface area contributed by atoms with Gasteiger partial charge in [0.15, 0.2) is 17.5 Å². The Hall–Kier alpha value is -7.04. The number of aromatic nitrogens is 4. The lowest BCUT2D eigenvalue weighted by molar-refractivity contribution is 1.08. The van der Waals surface area contributed by atoms with Crippen LogP contribution in [0.2, 0.25) is 0 Å². The van der Waals surface area contributed by atoms with E-state index < -0.39 is 0 Å². The fourth-order valence-corrected chi connectivity index (χ4v) is 7.43. The Morgan fingerprint density at radius 2 is 0.865 bits per heavy atom. The summed E-state index contributed by atoms with van der Waals surface area (Å²) in [4.78, 5) is 20.4. The maximum Gasteiger partial charge on any atom is 0.165 e. The topological polar surface area (TPSA) is 51.6 Å². The van der Waals surface area contributed by atoms with Crippen molar-refractivity contribution in [2.75, 3.05) is 0 Å². The highest BCUT2D eigenvalue weighted by Gasteiger charge is 2.20. The Morgan fingerprint density at radius 3 is 1.60 bits per heavy atom. The number of nitrogens with zero attached hydrogens (tertiary/aromatic N) is 4. The number of benzene rings is 8. The first-order valence-corrected chi connectivity index (χ1v) is 17.5. The van der Waals surface area contributed by atoms with Gasteiger partial charge < -0.3 is 0 Å². The predicted molar refractivity (Wildman–Crippen MR) is 215 cm³/mol. The summed E-state index contributed by atoms with van der Waals surface area (Å²) in [5, 5.41) is 8.15. The summed E-state index contributed by atoms with van der Waals surface area (Å²) in [5.41, 5.74) is 8.17. The van der Waals surface area contributed by atoms with Gasteiger partial charge in [0.05, 0.1) is 5.52 Å². The highest BCUT2D eigenvalue weighted by molar-refractivity contribution is 6.17. The van der Waals surface area contributed by atoms with E-state index in [1.54, 1.807) is 0 Å². The molecule has 2 heterocycles. The van der Waals surface area contributed by atoms with E-state index in [9.17, 15) is 0 Å². The number of fused-ring (bicyclic) bond motifs is 6. The summed E-state index contributed by atoms with van der Waals surface area (Å²) >= 11 is 0. The molecule has 242 valence electrons. The lowest BCUT2D eigenvalue weighted by Gasteiger charge is -2.17. The van der Waals surface area contributed by atoms with E-state index in [4.69, 9.17) is 15.0 Å². The van der Waals surface area contributed by atoms with E-state index >= 15 is 0 Å². The van der Waals surface area contributed by atoms with Gasteiger partial charge in [0.2, 0.25) is 0 Å². The van der Waals surface area contributed by atoms with Crippen molar-refractivity contribution in [2.45, 2.75) is 0 Å². The monoisotopic (exact) mass is 662 g/mol. The van der Waals surface area contributed by atoms with Gasteiger partial charge in [-0.15, -0.1) is 0 Å². The van der Waals surface area contributed by atoms with Gasteiger partial charge in [-0.25, -0.2) is 15.0 Å². The van der Waals surface area contributed by atoms with E-state index in [0.29, 0.717) is 17.5 Å². The molecule has 0 fully saturated rings. The zero-order chi connectivity index (χ0) is 34.4. The van der Waals surface area contributed by atoms with Gasteiger partial charge in [-0.05, 0) is 78.8 Å². The number of pyridine rings is 1. The van der Waals surface area contributed by atoms with Crippen LogP contribution in [0.15, 0.2) is 182 Å². The predicted octanol–water partition coefficient (Wildman–Crippen LogP) is 12.2. The fourth-order valence-electron chi connectivity index (χ4n) is 7.43. The van der Waals surface area contributed by atoms with Crippen LogP contribution in [0.5, 0.6) is 0 Å². The summed E-state index contributed by atoms with van der Waals surface area (Å²) in [6, 6.07) is 61.6. The highest BCUT2D eigenvalue weighted by atomic mass is 15.0. The maximum absolute atomic E-state index is 5.31. The number of hydrogen-bond acceptors (Lipinski definition) is 4. The summed E-state index contributed by atoms with van der Waals surface area (Å²) in [7, 11) is 0. The third-order valence-electron chi connectivity index (χ3n) is 9.96. The normalized spacial score (nSPS) is 11.5. The van der Waals surface area contributed by atoms with Crippen molar-refractivity contribution < 1.29 is 0 Å². The van der Waals surface area contributed by atoms with E-state index in [1.165, 1.54) is 21.5 Å². The third-order valence-corrected chi connectivity index (χ3v) is 9.96. The molecule has 0 unspecified atom stereocenters. The summed E-state index contributed by atoms with van der Waals surface area (Å²) in [6.07, 6.45) is 1.84. The SMILES string of the molecule is c1ccc(-c2cccc(-c3ccccc3)c2-c2nc(-c3ccc4ccccc4c3)nc(-c3ccc4c(ccc5c6cccnc6ccc45)c3)n2)cc1. The highest BCUT2D eigenvalue weighted by Crippen LogP contribution is 2.40. The molecule has 0 spiro atoms. The van der Waals surface area contributed by atoms with Gasteiger partial charge in [0.1, 0.15) is 0 Å². The van der Waals surface area contributed by atoms with Gasteiger partial charge in [0.25, 0.3) is 0 Å². The Bertz CT molecular complexity index is 2900. The third kappa shape index (κ3) is 5.17. The molecule has 0 saturated heterocycles. The number of hydrogen-bond donors (Lipinski definition) is 0. The second kappa shape index (κ2) is 12.4. The van der Waals surface area contributed by atoms with Crippen LogP contribution in [0, 0.1) is 0 Å². The van der Waals surface area contributed by atoms with Crippen molar-refractivity contribution in [1.29, 1.82) is 0 Å². The van der Waals surface area contributed by atoms with Gasteiger partial charge in [-0.1, -0.05) is 152 Å². The minimum Gasteiger partial charge on any atom is -0.256 e. The largest absolute Gasteiger partial charge is 0.256 e. The summed E-state index contributed by atoms with van der Waals surface area (Å²) < 4.78 is 0. The van der Waals surface area contributed by atoms with Crippen LogP contribution in [0.1, 0.15) is 0 Å². The molecule has 0 N–H and O–H groups in total. The zero-order valence-corrected chi connectivity index (χ0v) is 28.1. The van der Waals surface area contributed by atoms with Crippen LogP contribution < -0.4 is 0 Å². The van der Waals surface area contributed by atoms with Gasteiger partial charge >= 0.3 is 0 Å². The fraction of sp³-hybridized carbons (Fsp3) is 0. The smallest absolute Gasteiger partial charge is 0.165 e. The van der Waals surface area contributed by atoms with E-state index in [1.807, 2.05) is 24.4 Å². The molecular formula is C48H30N4. The van der Waals surface area contributed by atoms with Crippen LogP contribution in [0.3, 0.4) is 0 Å².